The topological polar surface area (TPSA) is 120 Å². The lowest BCUT2D eigenvalue weighted by Gasteiger charge is -2.10. The van der Waals surface area contributed by atoms with Gasteiger partial charge in [0.25, 0.3) is 15.6 Å². The fourth-order valence-corrected chi connectivity index (χ4v) is 5.36. The third kappa shape index (κ3) is 3.78. The summed E-state index contributed by atoms with van der Waals surface area (Å²) < 4.78 is 30.1. The van der Waals surface area contributed by atoms with E-state index in [0.717, 1.165) is 12.8 Å². The average molecular weight is 423 g/mol. The van der Waals surface area contributed by atoms with Gasteiger partial charge in [-0.15, -0.1) is 0 Å². The van der Waals surface area contributed by atoms with Crippen LogP contribution in [0.4, 0.5) is 0 Å². The molecule has 4 rings (SSSR count). The van der Waals surface area contributed by atoms with Crippen LogP contribution in [0.25, 0.3) is 16.9 Å². The molecule has 0 radical (unpaired) electrons. The first-order valence-electron chi connectivity index (χ1n) is 9.78. The predicted octanol–water partition coefficient (Wildman–Crippen LogP) is 3.01. The molecule has 154 valence electrons. The Labute approximate surface area is 174 Å². The van der Waals surface area contributed by atoms with E-state index in [9.17, 15) is 13.2 Å². The highest BCUT2D eigenvalue weighted by Crippen LogP contribution is 2.26. The predicted molar refractivity (Wildman–Crippen MR) is 116 cm³/mol. The molecular formula is C21H21N5O3S. The molecule has 0 unspecified atom stereocenters. The zero-order valence-electron chi connectivity index (χ0n) is 16.5. The summed E-state index contributed by atoms with van der Waals surface area (Å²) in [6.07, 6.45) is 6.53. The van der Waals surface area contributed by atoms with Gasteiger partial charge in [0.05, 0.1) is 34.4 Å². The summed E-state index contributed by atoms with van der Waals surface area (Å²) in [5, 5.41) is 11.6. The second-order valence-electron chi connectivity index (χ2n) is 7.47. The van der Waals surface area contributed by atoms with Crippen molar-refractivity contribution in [1.29, 1.82) is 5.26 Å². The number of benzene rings is 1. The van der Waals surface area contributed by atoms with Crippen molar-refractivity contribution < 1.29 is 8.42 Å². The molecule has 30 heavy (non-hydrogen) atoms. The van der Waals surface area contributed by atoms with E-state index < -0.39 is 15.3 Å². The van der Waals surface area contributed by atoms with Crippen LogP contribution in [0.15, 0.2) is 44.5 Å². The Kier molecular flexibility index (Phi) is 5.26. The average Bonchev–Trinajstić information content (AvgIpc) is 3.38. The van der Waals surface area contributed by atoms with Gasteiger partial charge in [-0.05, 0) is 43.5 Å². The van der Waals surface area contributed by atoms with Crippen molar-refractivity contribution in [2.45, 2.75) is 44.3 Å². The smallest absolute Gasteiger partial charge is 0.280 e. The monoisotopic (exact) mass is 423 g/mol. The van der Waals surface area contributed by atoms with Crippen LogP contribution in [0.3, 0.4) is 0 Å². The Morgan fingerprint density at radius 1 is 1.23 bits per heavy atom. The normalized spacial score (nSPS) is 18.5. The van der Waals surface area contributed by atoms with Gasteiger partial charge in [-0.25, -0.2) is 18.1 Å². The minimum absolute atomic E-state index is 0.264. The van der Waals surface area contributed by atoms with Gasteiger partial charge in [0.15, 0.2) is 5.82 Å². The molecule has 0 amide bonds. The molecule has 8 nitrogen and oxygen atoms in total. The van der Waals surface area contributed by atoms with E-state index in [-0.39, 0.29) is 12.0 Å². The maximum atomic E-state index is 13.0. The zero-order chi connectivity index (χ0) is 21.3. The van der Waals surface area contributed by atoms with Gasteiger partial charge in [0.2, 0.25) is 0 Å². The number of H-pyrrole nitrogens is 1. The summed E-state index contributed by atoms with van der Waals surface area (Å²) in [6.45, 7) is 1.79. The summed E-state index contributed by atoms with van der Waals surface area (Å²) in [7, 11) is -3.53. The van der Waals surface area contributed by atoms with E-state index in [4.69, 9.17) is 5.26 Å². The second-order valence-corrected chi connectivity index (χ2v) is 9.35. The first-order valence-corrected chi connectivity index (χ1v) is 11.3. The highest BCUT2D eigenvalue weighted by Gasteiger charge is 2.28. The summed E-state index contributed by atoms with van der Waals surface area (Å²) in [4.78, 5) is 17.2. The second kappa shape index (κ2) is 7.88. The SMILES string of the molecule is Cc1[nH]n(C2=CCC(=NS(=O)(=O)C3CCCC3)C=N2)c(=O)c1-c1ccc(C#N)cc1. The quantitative estimate of drug-likeness (QED) is 0.812. The Morgan fingerprint density at radius 3 is 2.53 bits per heavy atom. The standard InChI is InChI=1S/C21H21N5O3S/c1-14-20(16-8-6-15(12-22)7-9-16)21(27)26(24-14)19-11-10-17(13-23-19)25-30(28,29)18-4-2-3-5-18/h6-9,11,13,18,24H,2-5,10H2,1H3. The molecule has 2 heterocycles. The maximum Gasteiger partial charge on any atom is 0.280 e. The lowest BCUT2D eigenvalue weighted by atomic mass is 10.1. The fourth-order valence-electron chi connectivity index (χ4n) is 3.84. The molecule has 1 saturated carbocycles. The van der Waals surface area contributed by atoms with Crippen molar-refractivity contribution in [3.8, 4) is 17.2 Å². The molecule has 0 spiro atoms. The van der Waals surface area contributed by atoms with Crippen molar-refractivity contribution in [3.05, 3.63) is 52.0 Å². The van der Waals surface area contributed by atoms with E-state index in [1.807, 2.05) is 0 Å². The van der Waals surface area contributed by atoms with E-state index in [2.05, 4.69) is 20.6 Å². The highest BCUT2D eigenvalue weighted by atomic mass is 32.2. The number of aryl methyl sites for hydroxylation is 1. The van der Waals surface area contributed by atoms with E-state index in [0.29, 0.717) is 46.8 Å². The number of allylic oxidation sites excluding steroid dienone is 1. The molecule has 0 saturated heterocycles. The zero-order valence-corrected chi connectivity index (χ0v) is 17.3. The number of nitriles is 1. The molecule has 1 aliphatic carbocycles. The van der Waals surface area contributed by atoms with Crippen LogP contribution < -0.4 is 5.56 Å². The van der Waals surface area contributed by atoms with Crippen LogP contribution in [0, 0.1) is 18.3 Å². The van der Waals surface area contributed by atoms with Crippen LogP contribution in [-0.4, -0.2) is 35.4 Å². The van der Waals surface area contributed by atoms with Crippen LogP contribution in [-0.2, 0) is 10.0 Å². The minimum Gasteiger partial charge on any atom is -0.293 e. The third-order valence-electron chi connectivity index (χ3n) is 5.41. The van der Waals surface area contributed by atoms with E-state index in [1.54, 1.807) is 37.3 Å². The Balaban J connectivity index is 1.59. The Bertz CT molecular complexity index is 1270. The van der Waals surface area contributed by atoms with Gasteiger partial charge in [-0.1, -0.05) is 25.0 Å². The first kappa shape index (κ1) is 20.0. The molecule has 1 N–H and O–H groups in total. The van der Waals surface area contributed by atoms with Crippen LogP contribution in [0.5, 0.6) is 0 Å². The molecule has 9 heteroatoms. The molecule has 1 fully saturated rings. The molecule has 1 aromatic heterocycles. The summed E-state index contributed by atoms with van der Waals surface area (Å²) >= 11 is 0. The Morgan fingerprint density at radius 2 is 1.93 bits per heavy atom. The van der Waals surface area contributed by atoms with Crippen molar-refractivity contribution in [2.24, 2.45) is 9.39 Å². The number of hydrogen-bond donors (Lipinski definition) is 1. The molecule has 0 bridgehead atoms. The van der Waals surface area contributed by atoms with E-state index >= 15 is 0 Å². The minimum atomic E-state index is -3.53. The fraction of sp³-hybridized carbons (Fsp3) is 0.333. The number of rotatable bonds is 4. The first-order chi connectivity index (χ1) is 14.4. The number of aromatic nitrogens is 2. The molecular weight excluding hydrogens is 402 g/mol. The van der Waals surface area contributed by atoms with Gasteiger partial charge in [0, 0.05) is 12.1 Å². The summed E-state index contributed by atoms with van der Waals surface area (Å²) in [5.74, 6) is 0.389. The van der Waals surface area contributed by atoms with Crippen molar-refractivity contribution in [3.63, 3.8) is 0 Å². The van der Waals surface area contributed by atoms with Crippen molar-refractivity contribution in [1.82, 2.24) is 9.78 Å². The van der Waals surface area contributed by atoms with Gasteiger partial charge in [0.1, 0.15) is 0 Å². The highest BCUT2D eigenvalue weighted by molar-refractivity contribution is 7.91. The number of nitrogens with zero attached hydrogens (tertiary/aromatic N) is 4. The van der Waals surface area contributed by atoms with Gasteiger partial charge in [-0.3, -0.25) is 9.89 Å². The molecule has 1 aliphatic heterocycles. The van der Waals surface area contributed by atoms with Crippen molar-refractivity contribution in [2.75, 3.05) is 0 Å². The summed E-state index contributed by atoms with van der Waals surface area (Å²) in [5.41, 5.74) is 2.50. The van der Waals surface area contributed by atoms with Gasteiger partial charge < -0.3 is 0 Å². The number of aromatic amines is 1. The maximum absolute atomic E-state index is 13.0. The molecule has 2 aromatic rings. The Hall–Kier alpha value is -3.25. The summed E-state index contributed by atoms with van der Waals surface area (Å²) in [6, 6.07) is 8.85. The largest absolute Gasteiger partial charge is 0.293 e. The number of aliphatic imine (C=N–C) groups is 1. The van der Waals surface area contributed by atoms with E-state index in [1.165, 1.54) is 10.9 Å². The van der Waals surface area contributed by atoms with Gasteiger partial charge in [-0.2, -0.15) is 9.66 Å². The van der Waals surface area contributed by atoms with Crippen LogP contribution in [0.1, 0.15) is 43.4 Å². The van der Waals surface area contributed by atoms with Crippen LogP contribution >= 0.6 is 0 Å². The number of sulfonamides is 1. The van der Waals surface area contributed by atoms with Gasteiger partial charge >= 0.3 is 0 Å². The molecule has 2 aliphatic rings. The number of hydrogen-bond acceptors (Lipinski definition) is 5. The van der Waals surface area contributed by atoms with Crippen molar-refractivity contribution >= 4 is 27.8 Å². The third-order valence-corrected chi connectivity index (χ3v) is 7.21. The lowest BCUT2D eigenvalue weighted by Crippen LogP contribution is -2.20. The number of nitrogens with one attached hydrogen (secondary N) is 1. The lowest BCUT2D eigenvalue weighted by molar-refractivity contribution is 0.581. The van der Waals surface area contributed by atoms with Crippen LogP contribution in [0.2, 0.25) is 0 Å². The molecule has 1 aromatic carbocycles. The molecule has 0 atom stereocenters.